The lowest BCUT2D eigenvalue weighted by Gasteiger charge is -2.23. The molecular weight excluding hydrogens is 314 g/mol. The summed E-state index contributed by atoms with van der Waals surface area (Å²) in [5, 5.41) is 14.1. The Hall–Kier alpha value is -3.02. The molecule has 6 nitrogen and oxygen atoms in total. The van der Waals surface area contributed by atoms with E-state index in [-0.39, 0.29) is 11.3 Å². The molecule has 1 amide bonds. The molecule has 1 heterocycles. The van der Waals surface area contributed by atoms with E-state index in [2.05, 4.69) is 47.7 Å². The van der Waals surface area contributed by atoms with Crippen LogP contribution in [0.3, 0.4) is 0 Å². The van der Waals surface area contributed by atoms with E-state index in [0.717, 1.165) is 22.5 Å². The first kappa shape index (κ1) is 16.8. The zero-order valence-corrected chi connectivity index (χ0v) is 14.6. The van der Waals surface area contributed by atoms with E-state index in [9.17, 15) is 4.79 Å². The highest BCUT2D eigenvalue weighted by molar-refractivity contribution is 5.93. The van der Waals surface area contributed by atoms with Crippen LogP contribution >= 0.6 is 0 Å². The van der Waals surface area contributed by atoms with E-state index in [1.54, 1.807) is 4.68 Å². The maximum absolute atomic E-state index is 12.4. The molecule has 128 valence electrons. The highest BCUT2D eigenvalue weighted by atomic mass is 16.1. The number of amides is 1. The van der Waals surface area contributed by atoms with Crippen molar-refractivity contribution in [2.75, 3.05) is 5.32 Å². The van der Waals surface area contributed by atoms with Crippen molar-refractivity contribution in [3.63, 3.8) is 0 Å². The number of hydrogen-bond donors (Lipinski definition) is 1. The van der Waals surface area contributed by atoms with Gasteiger partial charge in [-0.05, 0) is 45.2 Å². The smallest absolute Gasteiger partial charge is 0.228 e. The summed E-state index contributed by atoms with van der Waals surface area (Å²) >= 11 is 0. The summed E-state index contributed by atoms with van der Waals surface area (Å²) in [5.74, 6) is -0.0353. The van der Waals surface area contributed by atoms with Gasteiger partial charge in [-0.2, -0.15) is 0 Å². The number of tetrazole rings is 1. The molecule has 1 N–H and O–H groups in total. The molecule has 0 spiro atoms. The van der Waals surface area contributed by atoms with Crippen LogP contribution in [0.15, 0.2) is 54.9 Å². The molecule has 0 aliphatic carbocycles. The van der Waals surface area contributed by atoms with Crippen LogP contribution in [0.25, 0.3) is 5.69 Å². The minimum Gasteiger partial charge on any atom is -0.326 e. The molecule has 0 saturated carbocycles. The molecule has 3 aromatic rings. The number of anilines is 1. The Balaban J connectivity index is 1.69. The van der Waals surface area contributed by atoms with Crippen molar-refractivity contribution in [3.05, 3.63) is 66.0 Å². The summed E-state index contributed by atoms with van der Waals surface area (Å²) in [4.78, 5) is 12.4. The van der Waals surface area contributed by atoms with Crippen molar-refractivity contribution >= 4 is 11.6 Å². The van der Waals surface area contributed by atoms with Crippen LogP contribution in [0, 0.1) is 0 Å². The Bertz CT molecular complexity index is 848. The Morgan fingerprint density at radius 1 is 1.08 bits per heavy atom. The molecule has 0 saturated heterocycles. The second-order valence-electron chi connectivity index (χ2n) is 6.94. The molecule has 0 aliphatic rings. The van der Waals surface area contributed by atoms with E-state index in [1.165, 1.54) is 6.33 Å². The Morgan fingerprint density at radius 2 is 1.80 bits per heavy atom. The highest BCUT2D eigenvalue weighted by Gasteiger charge is 2.18. The third kappa shape index (κ3) is 4.09. The molecular formula is C19H21N5O. The summed E-state index contributed by atoms with van der Waals surface area (Å²) in [6, 6.07) is 15.5. The maximum Gasteiger partial charge on any atom is 0.228 e. The fourth-order valence-corrected chi connectivity index (χ4v) is 2.67. The summed E-state index contributed by atoms with van der Waals surface area (Å²) < 4.78 is 1.57. The molecule has 0 unspecified atom stereocenters. The van der Waals surface area contributed by atoms with Crippen molar-refractivity contribution in [1.29, 1.82) is 0 Å². The average Bonchev–Trinajstić information content (AvgIpc) is 3.09. The third-order valence-corrected chi connectivity index (χ3v) is 3.92. The molecule has 0 atom stereocenters. The van der Waals surface area contributed by atoms with Gasteiger partial charge in [0.2, 0.25) is 5.91 Å². The van der Waals surface area contributed by atoms with E-state index >= 15 is 0 Å². The summed E-state index contributed by atoms with van der Waals surface area (Å²) in [6.45, 7) is 6.40. The summed E-state index contributed by atoms with van der Waals surface area (Å²) in [7, 11) is 0. The number of carbonyl (C=O) groups excluding carboxylic acids is 1. The van der Waals surface area contributed by atoms with Crippen LogP contribution in [0.2, 0.25) is 0 Å². The number of nitrogens with zero attached hydrogens (tertiary/aromatic N) is 4. The first-order valence-electron chi connectivity index (χ1n) is 8.15. The van der Waals surface area contributed by atoms with Crippen LogP contribution in [0.4, 0.5) is 5.69 Å². The summed E-state index contributed by atoms with van der Waals surface area (Å²) in [6.07, 6.45) is 1.85. The fraction of sp³-hybridized carbons (Fsp3) is 0.263. The Kier molecular flexibility index (Phi) is 4.61. The predicted octanol–water partition coefficient (Wildman–Crippen LogP) is 3.14. The summed E-state index contributed by atoms with van der Waals surface area (Å²) in [5.41, 5.74) is 3.75. The second-order valence-corrected chi connectivity index (χ2v) is 6.94. The standard InChI is InChI=1S/C19H21N5O/c1-19(2,3)16-6-4-5-7-17(16)21-18(25)12-14-8-10-15(11-9-14)24-13-20-22-23-24/h4-11,13H,12H2,1-3H3,(H,21,25). The van der Waals surface area contributed by atoms with E-state index in [1.807, 2.05) is 42.5 Å². The number of hydrogen-bond acceptors (Lipinski definition) is 4. The first-order chi connectivity index (χ1) is 11.9. The zero-order chi connectivity index (χ0) is 17.9. The van der Waals surface area contributed by atoms with Gasteiger partial charge in [0.15, 0.2) is 0 Å². The number of nitrogens with one attached hydrogen (secondary N) is 1. The first-order valence-corrected chi connectivity index (χ1v) is 8.15. The van der Waals surface area contributed by atoms with Crippen molar-refractivity contribution in [2.24, 2.45) is 0 Å². The molecule has 0 bridgehead atoms. The quantitative estimate of drug-likeness (QED) is 0.795. The normalized spacial score (nSPS) is 11.3. The Labute approximate surface area is 146 Å². The van der Waals surface area contributed by atoms with E-state index in [0.29, 0.717) is 6.42 Å². The van der Waals surface area contributed by atoms with Gasteiger partial charge in [0.25, 0.3) is 0 Å². The van der Waals surface area contributed by atoms with Crippen LogP contribution in [0.5, 0.6) is 0 Å². The minimum atomic E-state index is -0.0353. The molecule has 25 heavy (non-hydrogen) atoms. The van der Waals surface area contributed by atoms with Crippen molar-refractivity contribution < 1.29 is 4.79 Å². The lowest BCUT2D eigenvalue weighted by atomic mass is 9.86. The van der Waals surface area contributed by atoms with E-state index < -0.39 is 0 Å². The van der Waals surface area contributed by atoms with Crippen LogP contribution in [0.1, 0.15) is 31.9 Å². The van der Waals surface area contributed by atoms with Crippen LogP contribution in [-0.2, 0) is 16.6 Å². The van der Waals surface area contributed by atoms with Gasteiger partial charge in [0.1, 0.15) is 6.33 Å². The monoisotopic (exact) mass is 335 g/mol. The largest absolute Gasteiger partial charge is 0.326 e. The zero-order valence-electron chi connectivity index (χ0n) is 14.6. The number of benzene rings is 2. The van der Waals surface area contributed by atoms with E-state index in [4.69, 9.17) is 0 Å². The van der Waals surface area contributed by atoms with Crippen molar-refractivity contribution in [3.8, 4) is 5.69 Å². The molecule has 0 radical (unpaired) electrons. The lowest BCUT2D eigenvalue weighted by molar-refractivity contribution is -0.115. The van der Waals surface area contributed by atoms with Gasteiger partial charge in [-0.15, -0.1) is 5.10 Å². The topological polar surface area (TPSA) is 72.7 Å². The number of carbonyl (C=O) groups is 1. The van der Waals surface area contributed by atoms with Gasteiger partial charge in [0.05, 0.1) is 12.1 Å². The fourth-order valence-electron chi connectivity index (χ4n) is 2.67. The molecule has 0 fully saturated rings. The van der Waals surface area contributed by atoms with Gasteiger partial charge in [-0.3, -0.25) is 4.79 Å². The molecule has 6 heteroatoms. The molecule has 0 aliphatic heterocycles. The van der Waals surface area contributed by atoms with Gasteiger partial charge in [-0.25, -0.2) is 4.68 Å². The number of rotatable bonds is 4. The Morgan fingerprint density at radius 3 is 2.44 bits per heavy atom. The van der Waals surface area contributed by atoms with Gasteiger partial charge >= 0.3 is 0 Å². The molecule has 3 rings (SSSR count). The average molecular weight is 335 g/mol. The number of aromatic nitrogens is 4. The van der Waals surface area contributed by atoms with Crippen LogP contribution in [-0.4, -0.2) is 26.1 Å². The van der Waals surface area contributed by atoms with Crippen molar-refractivity contribution in [2.45, 2.75) is 32.6 Å². The maximum atomic E-state index is 12.4. The third-order valence-electron chi connectivity index (χ3n) is 3.92. The van der Waals surface area contributed by atoms with Gasteiger partial charge in [-0.1, -0.05) is 51.1 Å². The molecule has 1 aromatic heterocycles. The predicted molar refractivity (Wildman–Crippen MR) is 96.6 cm³/mol. The van der Waals surface area contributed by atoms with Crippen LogP contribution < -0.4 is 5.32 Å². The minimum absolute atomic E-state index is 0.0304. The van der Waals surface area contributed by atoms with Gasteiger partial charge < -0.3 is 5.32 Å². The van der Waals surface area contributed by atoms with Crippen molar-refractivity contribution in [1.82, 2.24) is 20.2 Å². The van der Waals surface area contributed by atoms with Gasteiger partial charge in [0, 0.05) is 5.69 Å². The SMILES string of the molecule is CC(C)(C)c1ccccc1NC(=O)Cc1ccc(-n2cnnn2)cc1. The number of para-hydroxylation sites is 1. The highest BCUT2D eigenvalue weighted by Crippen LogP contribution is 2.29. The second kappa shape index (κ2) is 6.84. The molecule has 2 aromatic carbocycles. The lowest BCUT2D eigenvalue weighted by Crippen LogP contribution is -2.19.